The van der Waals surface area contributed by atoms with Crippen LogP contribution in [-0.2, 0) is 0 Å². The number of non-ortho nitro benzene ring substituents is 1. The molecule has 1 rings (SSSR count). The van der Waals surface area contributed by atoms with Gasteiger partial charge in [0, 0.05) is 29.4 Å². The van der Waals surface area contributed by atoms with Crippen molar-refractivity contribution in [1.82, 2.24) is 0 Å². The van der Waals surface area contributed by atoms with Gasteiger partial charge in [-0.15, -0.1) is 11.8 Å². The Bertz CT molecular complexity index is 435. The molecule has 2 N–H and O–H groups in total. The second-order valence-electron chi connectivity index (χ2n) is 3.17. The number of nitro benzene ring substituents is 1. The monoisotopic (exact) mass is 257 g/mol. The number of aliphatic hydroxyl groups excluding tert-OH is 1. The van der Waals surface area contributed by atoms with E-state index in [0.717, 1.165) is 0 Å². The van der Waals surface area contributed by atoms with Crippen molar-refractivity contribution in [2.24, 2.45) is 0 Å². The number of thioether (sulfide) groups is 1. The van der Waals surface area contributed by atoms with E-state index in [1.165, 1.54) is 30.0 Å². The number of rotatable bonds is 6. The van der Waals surface area contributed by atoms with Crippen LogP contribution in [0.3, 0.4) is 0 Å². The molecule has 7 heteroatoms. The Morgan fingerprint density at radius 3 is 2.71 bits per heavy atom. The van der Waals surface area contributed by atoms with Gasteiger partial charge in [0.2, 0.25) is 0 Å². The fourth-order valence-electron chi connectivity index (χ4n) is 1.17. The number of carboxylic acid groups (broad SMARTS) is 1. The topological polar surface area (TPSA) is 101 Å². The molecule has 0 saturated heterocycles. The summed E-state index contributed by atoms with van der Waals surface area (Å²) >= 11 is 1.19. The van der Waals surface area contributed by atoms with Crippen LogP contribution < -0.4 is 0 Å². The summed E-state index contributed by atoms with van der Waals surface area (Å²) in [6.45, 7) is 0.00430. The van der Waals surface area contributed by atoms with Crippen LogP contribution >= 0.6 is 11.8 Å². The summed E-state index contributed by atoms with van der Waals surface area (Å²) in [7, 11) is 0. The highest BCUT2D eigenvalue weighted by atomic mass is 32.2. The molecule has 92 valence electrons. The SMILES string of the molecule is O=C(O)c1ccc([N+](=O)[O-])cc1SCCCO. The molecule has 0 amide bonds. The van der Waals surface area contributed by atoms with Crippen molar-refractivity contribution in [3.05, 3.63) is 33.9 Å². The van der Waals surface area contributed by atoms with E-state index in [4.69, 9.17) is 10.2 Å². The molecular formula is C10H11NO5S. The average molecular weight is 257 g/mol. The average Bonchev–Trinajstić information content (AvgIpc) is 2.28. The Morgan fingerprint density at radius 1 is 1.47 bits per heavy atom. The third-order valence-corrected chi connectivity index (χ3v) is 3.11. The Hall–Kier alpha value is -1.60. The predicted molar refractivity (Wildman–Crippen MR) is 62.5 cm³/mol. The van der Waals surface area contributed by atoms with E-state index in [-0.39, 0.29) is 17.9 Å². The van der Waals surface area contributed by atoms with Crippen LogP contribution in [0.5, 0.6) is 0 Å². The molecule has 0 bridgehead atoms. The van der Waals surface area contributed by atoms with E-state index < -0.39 is 10.9 Å². The molecule has 0 aliphatic rings. The number of hydrogen-bond acceptors (Lipinski definition) is 5. The molecule has 0 atom stereocenters. The molecule has 0 unspecified atom stereocenters. The summed E-state index contributed by atoms with van der Waals surface area (Å²) in [6, 6.07) is 3.63. The minimum atomic E-state index is -1.12. The van der Waals surface area contributed by atoms with Crippen molar-refractivity contribution in [1.29, 1.82) is 0 Å². The lowest BCUT2D eigenvalue weighted by Gasteiger charge is -2.04. The molecule has 0 aliphatic heterocycles. The van der Waals surface area contributed by atoms with Gasteiger partial charge in [-0.1, -0.05) is 0 Å². The fraction of sp³-hybridized carbons (Fsp3) is 0.300. The van der Waals surface area contributed by atoms with E-state index in [9.17, 15) is 14.9 Å². The van der Waals surface area contributed by atoms with Crippen molar-refractivity contribution >= 4 is 23.4 Å². The van der Waals surface area contributed by atoms with E-state index in [1.54, 1.807) is 0 Å². The molecule has 0 fully saturated rings. The first-order valence-electron chi connectivity index (χ1n) is 4.81. The van der Waals surface area contributed by atoms with Crippen molar-refractivity contribution < 1.29 is 19.9 Å². The molecule has 0 aliphatic carbocycles. The predicted octanol–water partition coefficient (Wildman–Crippen LogP) is 1.77. The first-order valence-corrected chi connectivity index (χ1v) is 5.80. The van der Waals surface area contributed by atoms with Gasteiger partial charge >= 0.3 is 5.97 Å². The van der Waals surface area contributed by atoms with Gasteiger partial charge in [0.05, 0.1) is 10.5 Å². The number of carboxylic acids is 1. The molecule has 1 aromatic carbocycles. The summed E-state index contributed by atoms with van der Waals surface area (Å²) in [4.78, 5) is 21.3. The molecule has 0 aromatic heterocycles. The van der Waals surface area contributed by atoms with Gasteiger partial charge in [0.15, 0.2) is 0 Å². The number of nitro groups is 1. The van der Waals surface area contributed by atoms with E-state index in [2.05, 4.69) is 0 Å². The van der Waals surface area contributed by atoms with Crippen LogP contribution in [0.1, 0.15) is 16.8 Å². The first-order chi connectivity index (χ1) is 8.06. The maximum absolute atomic E-state index is 10.9. The van der Waals surface area contributed by atoms with Crippen LogP contribution in [0.25, 0.3) is 0 Å². The maximum atomic E-state index is 10.9. The highest BCUT2D eigenvalue weighted by Gasteiger charge is 2.15. The van der Waals surface area contributed by atoms with Gasteiger partial charge in [0.1, 0.15) is 0 Å². The summed E-state index contributed by atoms with van der Waals surface area (Å²) in [5.41, 5.74) is -0.0972. The third kappa shape index (κ3) is 3.72. The Morgan fingerprint density at radius 2 is 2.18 bits per heavy atom. The molecule has 0 radical (unpaired) electrons. The van der Waals surface area contributed by atoms with Crippen molar-refractivity contribution in [3.63, 3.8) is 0 Å². The number of hydrogen-bond donors (Lipinski definition) is 2. The van der Waals surface area contributed by atoms with Crippen LogP contribution in [0.15, 0.2) is 23.1 Å². The van der Waals surface area contributed by atoms with Gasteiger partial charge in [-0.05, 0) is 12.5 Å². The van der Waals surface area contributed by atoms with Gasteiger partial charge in [-0.2, -0.15) is 0 Å². The molecule has 6 nitrogen and oxygen atoms in total. The van der Waals surface area contributed by atoms with E-state index in [0.29, 0.717) is 17.1 Å². The Labute approximate surface area is 101 Å². The summed E-state index contributed by atoms with van der Waals surface area (Å²) in [5, 5.41) is 28.1. The molecule has 0 spiro atoms. The van der Waals surface area contributed by atoms with Crippen LogP contribution in [0.4, 0.5) is 5.69 Å². The standard InChI is InChI=1S/C10H11NO5S/c12-4-1-5-17-9-6-7(11(15)16)2-3-8(9)10(13)14/h2-3,6,12H,1,4-5H2,(H,13,14). The largest absolute Gasteiger partial charge is 0.478 e. The number of carbonyl (C=O) groups is 1. The van der Waals surface area contributed by atoms with Gasteiger partial charge < -0.3 is 10.2 Å². The quantitative estimate of drug-likeness (QED) is 0.348. The van der Waals surface area contributed by atoms with Gasteiger partial charge in [-0.3, -0.25) is 10.1 Å². The maximum Gasteiger partial charge on any atom is 0.336 e. The van der Waals surface area contributed by atoms with Gasteiger partial charge in [-0.25, -0.2) is 4.79 Å². The van der Waals surface area contributed by atoms with Crippen LogP contribution in [0, 0.1) is 10.1 Å². The number of benzene rings is 1. The molecular weight excluding hydrogens is 246 g/mol. The summed E-state index contributed by atoms with van der Waals surface area (Å²) in [5.74, 6) is -0.607. The highest BCUT2D eigenvalue weighted by Crippen LogP contribution is 2.27. The zero-order chi connectivity index (χ0) is 12.8. The second kappa shape index (κ2) is 6.21. The van der Waals surface area contributed by atoms with Crippen LogP contribution in [-0.4, -0.2) is 33.5 Å². The summed E-state index contributed by atoms with van der Waals surface area (Å²) < 4.78 is 0. The Balaban J connectivity index is 2.98. The van der Waals surface area contributed by atoms with Crippen LogP contribution in [0.2, 0.25) is 0 Å². The van der Waals surface area contributed by atoms with Crippen molar-refractivity contribution in [2.45, 2.75) is 11.3 Å². The third-order valence-electron chi connectivity index (χ3n) is 1.97. The summed E-state index contributed by atoms with van der Waals surface area (Å²) in [6.07, 6.45) is 0.506. The molecule has 0 heterocycles. The number of aliphatic hydroxyl groups is 1. The molecule has 0 saturated carbocycles. The normalized spacial score (nSPS) is 10.2. The lowest BCUT2D eigenvalue weighted by Crippen LogP contribution is -2.00. The van der Waals surface area contributed by atoms with Gasteiger partial charge in [0.25, 0.3) is 5.69 Å². The van der Waals surface area contributed by atoms with Crippen molar-refractivity contribution in [2.75, 3.05) is 12.4 Å². The zero-order valence-corrected chi connectivity index (χ0v) is 9.64. The second-order valence-corrected chi connectivity index (χ2v) is 4.31. The van der Waals surface area contributed by atoms with Crippen molar-refractivity contribution in [3.8, 4) is 0 Å². The first kappa shape index (κ1) is 13.5. The lowest BCUT2D eigenvalue weighted by atomic mass is 10.2. The van der Waals surface area contributed by atoms with E-state index >= 15 is 0 Å². The van der Waals surface area contributed by atoms with E-state index in [1.807, 2.05) is 0 Å². The lowest BCUT2D eigenvalue weighted by molar-refractivity contribution is -0.385. The highest BCUT2D eigenvalue weighted by molar-refractivity contribution is 7.99. The minimum absolute atomic E-state index is 0.00430. The smallest absolute Gasteiger partial charge is 0.336 e. The number of nitrogens with zero attached hydrogens (tertiary/aromatic N) is 1. The minimum Gasteiger partial charge on any atom is -0.478 e. The molecule has 1 aromatic rings. The zero-order valence-electron chi connectivity index (χ0n) is 8.83. The fourth-order valence-corrected chi connectivity index (χ4v) is 2.18. The number of aromatic carboxylic acids is 1. The Kier molecular flexibility index (Phi) is 4.92. The molecule has 17 heavy (non-hydrogen) atoms.